The van der Waals surface area contributed by atoms with Crippen LogP contribution in [0.5, 0.6) is 0 Å². The maximum atomic E-state index is 11.9. The summed E-state index contributed by atoms with van der Waals surface area (Å²) in [5.74, 6) is -1.57. The van der Waals surface area contributed by atoms with E-state index in [9.17, 15) is 18.0 Å². The van der Waals surface area contributed by atoms with E-state index in [1.807, 2.05) is 0 Å². The molecule has 1 saturated heterocycles. The molecular formula is C13H24N2O5S. The lowest BCUT2D eigenvalue weighted by molar-refractivity contribution is -0.141. The van der Waals surface area contributed by atoms with Gasteiger partial charge in [0.05, 0.1) is 11.7 Å². The SMILES string of the molecule is CCS(=O)(=O)N1CCC(C(=O)NCCC(C)C(=O)O)CC1. The number of nitrogens with zero attached hydrogens (tertiary/aromatic N) is 1. The number of hydrogen-bond acceptors (Lipinski definition) is 4. The molecule has 1 heterocycles. The molecule has 0 bridgehead atoms. The number of carbonyl (C=O) groups is 2. The molecule has 0 aromatic rings. The van der Waals surface area contributed by atoms with Gasteiger partial charge in [-0.2, -0.15) is 0 Å². The lowest BCUT2D eigenvalue weighted by Gasteiger charge is -2.30. The Kier molecular flexibility index (Phi) is 6.60. The first kappa shape index (κ1) is 17.9. The zero-order chi connectivity index (χ0) is 16.0. The fraction of sp³-hybridized carbons (Fsp3) is 0.846. The third kappa shape index (κ3) is 5.28. The molecule has 1 amide bonds. The fourth-order valence-electron chi connectivity index (χ4n) is 2.26. The Hall–Kier alpha value is -1.15. The van der Waals surface area contributed by atoms with Gasteiger partial charge in [0.25, 0.3) is 0 Å². The van der Waals surface area contributed by atoms with Crippen LogP contribution in [0.3, 0.4) is 0 Å². The lowest BCUT2D eigenvalue weighted by Crippen LogP contribution is -2.43. The Morgan fingerprint density at radius 2 is 1.90 bits per heavy atom. The molecule has 1 aliphatic rings. The van der Waals surface area contributed by atoms with E-state index < -0.39 is 21.9 Å². The van der Waals surface area contributed by atoms with Gasteiger partial charge in [0.1, 0.15) is 0 Å². The minimum Gasteiger partial charge on any atom is -0.481 e. The van der Waals surface area contributed by atoms with E-state index in [4.69, 9.17) is 5.11 Å². The van der Waals surface area contributed by atoms with Crippen LogP contribution < -0.4 is 5.32 Å². The molecule has 2 N–H and O–H groups in total. The molecule has 0 aliphatic carbocycles. The topological polar surface area (TPSA) is 104 Å². The monoisotopic (exact) mass is 320 g/mol. The van der Waals surface area contributed by atoms with Crippen LogP contribution in [0.1, 0.15) is 33.1 Å². The molecule has 7 nitrogen and oxygen atoms in total. The van der Waals surface area contributed by atoms with Gasteiger partial charge in [-0.05, 0) is 26.2 Å². The zero-order valence-electron chi connectivity index (χ0n) is 12.5. The molecule has 1 rings (SSSR count). The van der Waals surface area contributed by atoms with Crippen molar-refractivity contribution in [3.63, 3.8) is 0 Å². The first-order chi connectivity index (χ1) is 9.77. The first-order valence-corrected chi connectivity index (χ1v) is 8.87. The van der Waals surface area contributed by atoms with E-state index in [0.717, 1.165) is 0 Å². The molecule has 0 spiro atoms. The van der Waals surface area contributed by atoms with Crippen LogP contribution in [0.4, 0.5) is 0 Å². The normalized spacial score (nSPS) is 19.1. The number of nitrogens with one attached hydrogen (secondary N) is 1. The van der Waals surface area contributed by atoms with Crippen molar-refractivity contribution in [1.82, 2.24) is 9.62 Å². The second-order valence-corrected chi connectivity index (χ2v) is 7.65. The van der Waals surface area contributed by atoms with Gasteiger partial charge in [0.2, 0.25) is 15.9 Å². The van der Waals surface area contributed by atoms with E-state index in [1.165, 1.54) is 4.31 Å². The van der Waals surface area contributed by atoms with Gasteiger partial charge in [-0.1, -0.05) is 6.92 Å². The van der Waals surface area contributed by atoms with Crippen molar-refractivity contribution in [2.24, 2.45) is 11.8 Å². The number of amides is 1. The van der Waals surface area contributed by atoms with Gasteiger partial charge in [-0.25, -0.2) is 12.7 Å². The molecule has 0 aromatic heterocycles. The number of carboxylic acid groups (broad SMARTS) is 1. The van der Waals surface area contributed by atoms with Gasteiger partial charge in [0, 0.05) is 25.6 Å². The minimum absolute atomic E-state index is 0.0803. The molecule has 1 fully saturated rings. The van der Waals surface area contributed by atoms with E-state index in [2.05, 4.69) is 5.32 Å². The molecule has 1 atom stereocenters. The third-order valence-electron chi connectivity index (χ3n) is 3.88. The average molecular weight is 320 g/mol. The maximum absolute atomic E-state index is 11.9. The van der Waals surface area contributed by atoms with Crippen LogP contribution in [0, 0.1) is 11.8 Å². The molecule has 21 heavy (non-hydrogen) atoms. The molecule has 0 aromatic carbocycles. The minimum atomic E-state index is -3.17. The van der Waals surface area contributed by atoms with E-state index in [-0.39, 0.29) is 17.6 Å². The third-order valence-corrected chi connectivity index (χ3v) is 5.76. The van der Waals surface area contributed by atoms with Gasteiger partial charge in [-0.3, -0.25) is 9.59 Å². The lowest BCUT2D eigenvalue weighted by atomic mass is 9.97. The number of carboxylic acids is 1. The van der Waals surface area contributed by atoms with Crippen molar-refractivity contribution >= 4 is 21.9 Å². The second kappa shape index (κ2) is 7.74. The van der Waals surface area contributed by atoms with Crippen molar-refractivity contribution < 1.29 is 23.1 Å². The Morgan fingerprint density at radius 1 is 1.33 bits per heavy atom. The van der Waals surface area contributed by atoms with E-state index in [1.54, 1.807) is 13.8 Å². The molecule has 0 radical (unpaired) electrons. The Bertz CT molecular complexity index is 469. The van der Waals surface area contributed by atoms with Crippen molar-refractivity contribution in [3.05, 3.63) is 0 Å². The fourth-order valence-corrected chi connectivity index (χ4v) is 3.39. The van der Waals surface area contributed by atoms with Crippen molar-refractivity contribution in [1.29, 1.82) is 0 Å². The smallest absolute Gasteiger partial charge is 0.306 e. The van der Waals surface area contributed by atoms with Crippen LogP contribution in [0.2, 0.25) is 0 Å². The van der Waals surface area contributed by atoms with Gasteiger partial charge >= 0.3 is 5.97 Å². The van der Waals surface area contributed by atoms with Crippen LogP contribution in [-0.2, 0) is 19.6 Å². The highest BCUT2D eigenvalue weighted by molar-refractivity contribution is 7.89. The van der Waals surface area contributed by atoms with Crippen LogP contribution in [-0.4, -0.2) is 55.1 Å². The summed E-state index contributed by atoms with van der Waals surface area (Å²) in [6.45, 7) is 4.29. The van der Waals surface area contributed by atoms with Crippen molar-refractivity contribution in [3.8, 4) is 0 Å². The van der Waals surface area contributed by atoms with Gasteiger partial charge in [0.15, 0.2) is 0 Å². The maximum Gasteiger partial charge on any atom is 0.306 e. The molecule has 1 unspecified atom stereocenters. The summed E-state index contributed by atoms with van der Waals surface area (Å²) in [5.41, 5.74) is 0. The Balaban J connectivity index is 2.34. The second-order valence-electron chi connectivity index (χ2n) is 5.39. The summed E-state index contributed by atoms with van der Waals surface area (Å²) in [4.78, 5) is 22.6. The number of sulfonamides is 1. The highest BCUT2D eigenvalue weighted by Crippen LogP contribution is 2.20. The Morgan fingerprint density at radius 3 is 2.38 bits per heavy atom. The molecule has 122 valence electrons. The summed E-state index contributed by atoms with van der Waals surface area (Å²) in [7, 11) is -3.17. The summed E-state index contributed by atoms with van der Waals surface area (Å²) in [5, 5.41) is 11.5. The number of carbonyl (C=O) groups excluding carboxylic acids is 1. The highest BCUT2D eigenvalue weighted by atomic mass is 32.2. The van der Waals surface area contributed by atoms with Crippen molar-refractivity contribution in [2.75, 3.05) is 25.4 Å². The van der Waals surface area contributed by atoms with Gasteiger partial charge in [-0.15, -0.1) is 0 Å². The number of rotatable bonds is 7. The van der Waals surface area contributed by atoms with Crippen LogP contribution in [0.15, 0.2) is 0 Å². The number of hydrogen-bond donors (Lipinski definition) is 2. The van der Waals surface area contributed by atoms with E-state index >= 15 is 0 Å². The van der Waals surface area contributed by atoms with Crippen LogP contribution >= 0.6 is 0 Å². The number of piperidine rings is 1. The number of aliphatic carboxylic acids is 1. The predicted octanol–water partition coefficient (Wildman–Crippen LogP) is 0.275. The van der Waals surface area contributed by atoms with Crippen molar-refractivity contribution in [2.45, 2.75) is 33.1 Å². The molecule has 8 heteroatoms. The van der Waals surface area contributed by atoms with Crippen LogP contribution in [0.25, 0.3) is 0 Å². The molecule has 0 saturated carbocycles. The standard InChI is InChI=1S/C13H24N2O5S/c1-3-21(19,20)15-8-5-11(6-9-15)12(16)14-7-4-10(2)13(17)18/h10-11H,3-9H2,1-2H3,(H,14,16)(H,17,18). The Labute approximate surface area is 125 Å². The first-order valence-electron chi connectivity index (χ1n) is 7.26. The summed E-state index contributed by atoms with van der Waals surface area (Å²) in [6, 6.07) is 0. The predicted molar refractivity (Wildman–Crippen MR) is 78.2 cm³/mol. The quantitative estimate of drug-likeness (QED) is 0.701. The summed E-state index contributed by atoms with van der Waals surface area (Å²) >= 11 is 0. The summed E-state index contributed by atoms with van der Waals surface area (Å²) in [6.07, 6.45) is 1.42. The summed E-state index contributed by atoms with van der Waals surface area (Å²) < 4.78 is 24.9. The average Bonchev–Trinajstić information content (AvgIpc) is 2.47. The van der Waals surface area contributed by atoms with E-state index in [0.29, 0.717) is 38.9 Å². The largest absolute Gasteiger partial charge is 0.481 e. The highest BCUT2D eigenvalue weighted by Gasteiger charge is 2.29. The zero-order valence-corrected chi connectivity index (χ0v) is 13.4. The molecular weight excluding hydrogens is 296 g/mol. The molecule has 1 aliphatic heterocycles. The van der Waals surface area contributed by atoms with Gasteiger partial charge < -0.3 is 10.4 Å².